The molecule has 0 unspecified atom stereocenters. The van der Waals surface area contributed by atoms with Crippen LogP contribution in [0.15, 0.2) is 24.3 Å². The van der Waals surface area contributed by atoms with Crippen molar-refractivity contribution in [3.05, 3.63) is 29.8 Å². The van der Waals surface area contributed by atoms with Crippen LogP contribution >= 0.6 is 12.4 Å². The summed E-state index contributed by atoms with van der Waals surface area (Å²) in [6, 6.07) is 8.61. The molecule has 1 fully saturated rings. The molecule has 0 aromatic heterocycles. The van der Waals surface area contributed by atoms with Gasteiger partial charge in [-0.3, -0.25) is 4.79 Å². The van der Waals surface area contributed by atoms with Crippen LogP contribution in [0.1, 0.15) is 31.7 Å². The fourth-order valence-electron chi connectivity index (χ4n) is 3.09. The second-order valence-corrected chi connectivity index (χ2v) is 6.29. The van der Waals surface area contributed by atoms with E-state index in [0.717, 1.165) is 44.5 Å². The highest BCUT2D eigenvalue weighted by Gasteiger charge is 2.26. The van der Waals surface area contributed by atoms with E-state index in [0.29, 0.717) is 11.9 Å². The van der Waals surface area contributed by atoms with Crippen molar-refractivity contribution in [3.8, 4) is 5.75 Å². The number of methoxy groups -OCH3 is 1. The maximum Gasteiger partial charge on any atom is 0.225 e. The van der Waals surface area contributed by atoms with Crippen LogP contribution in [-0.4, -0.2) is 44.1 Å². The van der Waals surface area contributed by atoms with Gasteiger partial charge in [-0.25, -0.2) is 0 Å². The first-order chi connectivity index (χ1) is 10.6. The first-order valence-corrected chi connectivity index (χ1v) is 8.21. The number of nitrogens with zero attached hydrogens (tertiary/aromatic N) is 1. The largest absolute Gasteiger partial charge is 0.497 e. The Labute approximate surface area is 146 Å². The molecule has 1 saturated heterocycles. The smallest absolute Gasteiger partial charge is 0.225 e. The van der Waals surface area contributed by atoms with Crippen LogP contribution in [0.2, 0.25) is 0 Å². The van der Waals surface area contributed by atoms with Crippen LogP contribution in [0.4, 0.5) is 0 Å². The van der Waals surface area contributed by atoms with E-state index in [4.69, 9.17) is 4.74 Å². The Balaban J connectivity index is 0.00000264. The summed E-state index contributed by atoms with van der Waals surface area (Å²) in [7, 11) is 3.61. The zero-order chi connectivity index (χ0) is 15.9. The van der Waals surface area contributed by atoms with Gasteiger partial charge < -0.3 is 15.0 Å². The van der Waals surface area contributed by atoms with E-state index in [1.807, 2.05) is 24.1 Å². The predicted molar refractivity (Wildman–Crippen MR) is 96.4 cm³/mol. The molecule has 0 radical (unpaired) electrons. The molecule has 1 N–H and O–H groups in total. The summed E-state index contributed by atoms with van der Waals surface area (Å²) in [5.41, 5.74) is 1.29. The molecule has 4 nitrogen and oxygen atoms in total. The zero-order valence-corrected chi connectivity index (χ0v) is 15.2. The summed E-state index contributed by atoms with van der Waals surface area (Å²) >= 11 is 0. The van der Waals surface area contributed by atoms with Gasteiger partial charge in [0.25, 0.3) is 0 Å². The topological polar surface area (TPSA) is 41.6 Å². The summed E-state index contributed by atoms with van der Waals surface area (Å²) in [5.74, 6) is 1.39. The summed E-state index contributed by atoms with van der Waals surface area (Å²) in [4.78, 5) is 14.4. The number of carbonyl (C=O) groups is 1. The Hall–Kier alpha value is -1.26. The maximum absolute atomic E-state index is 12.5. The molecule has 2 rings (SSSR count). The number of aryl methyl sites for hydroxylation is 1. The van der Waals surface area contributed by atoms with Crippen LogP contribution in [0, 0.1) is 5.92 Å². The van der Waals surface area contributed by atoms with E-state index in [2.05, 4.69) is 24.4 Å². The van der Waals surface area contributed by atoms with Crippen molar-refractivity contribution in [1.82, 2.24) is 10.2 Å². The molecule has 1 aliphatic rings. The van der Waals surface area contributed by atoms with E-state index in [-0.39, 0.29) is 18.3 Å². The predicted octanol–water partition coefficient (Wildman–Crippen LogP) is 2.90. The third kappa shape index (κ3) is 6.04. The number of hydrogen-bond donors (Lipinski definition) is 1. The molecule has 130 valence electrons. The van der Waals surface area contributed by atoms with Crippen LogP contribution in [0.3, 0.4) is 0 Å². The fourth-order valence-corrected chi connectivity index (χ4v) is 3.09. The van der Waals surface area contributed by atoms with Crippen LogP contribution < -0.4 is 10.1 Å². The molecule has 0 aliphatic carbocycles. The minimum absolute atomic E-state index is 0. The van der Waals surface area contributed by atoms with E-state index >= 15 is 0 Å². The van der Waals surface area contributed by atoms with Gasteiger partial charge >= 0.3 is 0 Å². The lowest BCUT2D eigenvalue weighted by molar-refractivity contribution is -0.135. The molecule has 0 bridgehead atoms. The van der Waals surface area contributed by atoms with Crippen molar-refractivity contribution < 1.29 is 9.53 Å². The molecule has 1 aliphatic heterocycles. The number of rotatable bonds is 6. The Morgan fingerprint density at radius 3 is 2.65 bits per heavy atom. The average Bonchev–Trinajstić information content (AvgIpc) is 2.54. The van der Waals surface area contributed by atoms with Crippen LogP contribution in [-0.2, 0) is 11.2 Å². The number of hydrogen-bond acceptors (Lipinski definition) is 3. The SMILES string of the molecule is COc1ccc(CCCN(C)C(=O)[C@H]2CCN[C@@H](C)C2)cc1.Cl. The van der Waals surface area contributed by atoms with Gasteiger partial charge in [0.15, 0.2) is 0 Å². The summed E-state index contributed by atoms with van der Waals surface area (Å²) in [6.07, 6.45) is 3.91. The quantitative estimate of drug-likeness (QED) is 0.865. The number of amides is 1. The van der Waals surface area contributed by atoms with Crippen molar-refractivity contribution in [3.63, 3.8) is 0 Å². The monoisotopic (exact) mass is 340 g/mol. The number of piperidine rings is 1. The van der Waals surface area contributed by atoms with Gasteiger partial charge in [0, 0.05) is 25.6 Å². The van der Waals surface area contributed by atoms with E-state index < -0.39 is 0 Å². The van der Waals surface area contributed by atoms with Crippen molar-refractivity contribution in [2.75, 3.05) is 27.2 Å². The molecule has 1 aromatic rings. The Bertz CT molecular complexity index is 478. The molecule has 1 aromatic carbocycles. The molecular formula is C18H29ClN2O2. The molecule has 1 heterocycles. The molecule has 5 heteroatoms. The Morgan fingerprint density at radius 2 is 2.04 bits per heavy atom. The van der Waals surface area contributed by atoms with Crippen molar-refractivity contribution in [1.29, 1.82) is 0 Å². The third-order valence-corrected chi connectivity index (χ3v) is 4.47. The van der Waals surface area contributed by atoms with Gasteiger partial charge in [0.2, 0.25) is 5.91 Å². The second kappa shape index (κ2) is 9.78. The van der Waals surface area contributed by atoms with Crippen LogP contribution in [0.5, 0.6) is 5.75 Å². The first-order valence-electron chi connectivity index (χ1n) is 8.21. The number of halogens is 1. The minimum Gasteiger partial charge on any atom is -0.497 e. The molecule has 0 spiro atoms. The van der Waals surface area contributed by atoms with Gasteiger partial charge in [-0.2, -0.15) is 0 Å². The second-order valence-electron chi connectivity index (χ2n) is 6.29. The summed E-state index contributed by atoms with van der Waals surface area (Å²) < 4.78 is 5.16. The number of carbonyl (C=O) groups excluding carboxylic acids is 1. The average molecular weight is 341 g/mol. The molecule has 2 atom stereocenters. The lowest BCUT2D eigenvalue weighted by atomic mass is 9.92. The van der Waals surface area contributed by atoms with E-state index in [9.17, 15) is 4.79 Å². The normalized spacial score (nSPS) is 20.5. The molecule has 23 heavy (non-hydrogen) atoms. The van der Waals surface area contributed by atoms with Gasteiger partial charge in [0.1, 0.15) is 5.75 Å². The Morgan fingerprint density at radius 1 is 1.35 bits per heavy atom. The van der Waals surface area contributed by atoms with Gasteiger partial charge in [-0.1, -0.05) is 12.1 Å². The number of benzene rings is 1. The summed E-state index contributed by atoms with van der Waals surface area (Å²) in [5, 5.41) is 3.40. The highest BCUT2D eigenvalue weighted by atomic mass is 35.5. The zero-order valence-electron chi connectivity index (χ0n) is 14.4. The van der Waals surface area contributed by atoms with E-state index in [1.54, 1.807) is 7.11 Å². The number of ether oxygens (including phenoxy) is 1. The highest BCUT2D eigenvalue weighted by Crippen LogP contribution is 2.19. The highest BCUT2D eigenvalue weighted by molar-refractivity contribution is 5.85. The first kappa shape index (κ1) is 19.8. The van der Waals surface area contributed by atoms with Gasteiger partial charge in [0.05, 0.1) is 7.11 Å². The van der Waals surface area contributed by atoms with Crippen molar-refractivity contribution in [2.45, 2.75) is 38.6 Å². The minimum atomic E-state index is 0. The fraction of sp³-hybridized carbons (Fsp3) is 0.611. The lowest BCUT2D eigenvalue weighted by Crippen LogP contribution is -2.43. The standard InChI is InChI=1S/C18H28N2O2.ClH/c1-14-13-16(10-11-19-14)18(21)20(2)12-4-5-15-6-8-17(22-3)9-7-15;/h6-9,14,16,19H,4-5,10-13H2,1-3H3;1H/t14-,16-;/m0./s1. The van der Waals surface area contributed by atoms with Crippen molar-refractivity contribution in [2.24, 2.45) is 5.92 Å². The van der Waals surface area contributed by atoms with Gasteiger partial charge in [-0.05, 0) is 56.8 Å². The lowest BCUT2D eigenvalue weighted by Gasteiger charge is -2.30. The Kier molecular flexibility index (Phi) is 8.42. The number of nitrogens with one attached hydrogen (secondary N) is 1. The maximum atomic E-state index is 12.5. The van der Waals surface area contributed by atoms with Gasteiger partial charge in [-0.15, -0.1) is 12.4 Å². The molecular weight excluding hydrogens is 312 g/mol. The molecule has 0 saturated carbocycles. The summed E-state index contributed by atoms with van der Waals surface area (Å²) in [6.45, 7) is 3.93. The van der Waals surface area contributed by atoms with E-state index in [1.165, 1.54) is 5.56 Å². The van der Waals surface area contributed by atoms with Crippen LogP contribution in [0.25, 0.3) is 0 Å². The van der Waals surface area contributed by atoms with Crippen molar-refractivity contribution >= 4 is 18.3 Å². The third-order valence-electron chi connectivity index (χ3n) is 4.47. The molecule has 1 amide bonds.